The number of hydrogen-bond acceptors (Lipinski definition) is 3. The van der Waals surface area contributed by atoms with Gasteiger partial charge in [-0.2, -0.15) is 0 Å². The number of nitrogens with one attached hydrogen (secondary N) is 2. The quantitative estimate of drug-likeness (QED) is 0.686. The summed E-state index contributed by atoms with van der Waals surface area (Å²) in [5, 5.41) is 5.41. The van der Waals surface area contributed by atoms with Gasteiger partial charge in [-0.05, 0) is 18.3 Å². The van der Waals surface area contributed by atoms with Crippen LogP contribution >= 0.6 is 0 Å². The van der Waals surface area contributed by atoms with E-state index in [2.05, 4.69) is 24.5 Å². The first-order chi connectivity index (χ1) is 8.42. The van der Waals surface area contributed by atoms with E-state index in [0.717, 1.165) is 12.8 Å². The molecule has 0 aromatic heterocycles. The van der Waals surface area contributed by atoms with Gasteiger partial charge in [-0.25, -0.2) is 9.59 Å². The molecule has 5 heteroatoms. The second-order valence-electron chi connectivity index (χ2n) is 4.97. The molecule has 0 aliphatic heterocycles. The molecule has 0 bridgehead atoms. The van der Waals surface area contributed by atoms with Crippen LogP contribution in [-0.2, 0) is 9.53 Å². The maximum Gasteiger partial charge on any atom is 0.328 e. The summed E-state index contributed by atoms with van der Waals surface area (Å²) in [5.74, 6) is 0.188. The average molecular weight is 258 g/mol. The Morgan fingerprint density at radius 2 is 1.83 bits per heavy atom. The van der Waals surface area contributed by atoms with E-state index in [1.807, 2.05) is 13.8 Å². The zero-order valence-electron chi connectivity index (χ0n) is 12.1. The van der Waals surface area contributed by atoms with Crippen molar-refractivity contribution in [3.8, 4) is 0 Å². The van der Waals surface area contributed by atoms with Gasteiger partial charge >= 0.3 is 12.0 Å². The molecule has 0 aliphatic carbocycles. The summed E-state index contributed by atoms with van der Waals surface area (Å²) in [5.41, 5.74) is 0. The Kier molecular flexibility index (Phi) is 8.16. The predicted molar refractivity (Wildman–Crippen MR) is 71.2 cm³/mol. The number of carbonyl (C=O) groups is 2. The first kappa shape index (κ1) is 16.7. The number of amides is 2. The number of ether oxygens (including phenoxy) is 1. The van der Waals surface area contributed by atoms with Crippen LogP contribution < -0.4 is 10.6 Å². The highest BCUT2D eigenvalue weighted by molar-refractivity contribution is 5.83. The van der Waals surface area contributed by atoms with Crippen molar-refractivity contribution in [2.24, 2.45) is 11.8 Å². The van der Waals surface area contributed by atoms with Gasteiger partial charge in [0.1, 0.15) is 6.04 Å². The van der Waals surface area contributed by atoms with Crippen LogP contribution in [0.1, 0.15) is 40.5 Å². The van der Waals surface area contributed by atoms with Gasteiger partial charge in [0.05, 0.1) is 7.11 Å². The summed E-state index contributed by atoms with van der Waals surface area (Å²) in [6, 6.07) is -0.898. The summed E-state index contributed by atoms with van der Waals surface area (Å²) in [6.45, 7) is 8.68. The van der Waals surface area contributed by atoms with Crippen molar-refractivity contribution < 1.29 is 14.3 Å². The molecule has 0 aromatic carbocycles. The van der Waals surface area contributed by atoms with E-state index in [9.17, 15) is 9.59 Å². The maximum atomic E-state index is 11.6. The third-order valence-electron chi connectivity index (χ3n) is 2.96. The third kappa shape index (κ3) is 6.47. The van der Waals surface area contributed by atoms with Gasteiger partial charge in [0.15, 0.2) is 0 Å². The average Bonchev–Trinajstić information content (AvgIpc) is 2.33. The van der Waals surface area contributed by atoms with Gasteiger partial charge in [0, 0.05) is 6.54 Å². The van der Waals surface area contributed by atoms with Crippen LogP contribution in [0.25, 0.3) is 0 Å². The lowest BCUT2D eigenvalue weighted by Crippen LogP contribution is -2.49. The second-order valence-corrected chi connectivity index (χ2v) is 4.97. The Labute approximate surface area is 110 Å². The third-order valence-corrected chi connectivity index (χ3v) is 2.96. The fourth-order valence-electron chi connectivity index (χ4n) is 1.46. The van der Waals surface area contributed by atoms with Crippen molar-refractivity contribution in [3.05, 3.63) is 0 Å². The molecule has 0 spiro atoms. The summed E-state index contributed by atoms with van der Waals surface area (Å²) in [7, 11) is 1.33. The summed E-state index contributed by atoms with van der Waals surface area (Å²) >= 11 is 0. The summed E-state index contributed by atoms with van der Waals surface area (Å²) in [6.07, 6.45) is 1.71. The van der Waals surface area contributed by atoms with Gasteiger partial charge in [0.2, 0.25) is 0 Å². The molecule has 5 nitrogen and oxygen atoms in total. The van der Waals surface area contributed by atoms with Gasteiger partial charge in [-0.15, -0.1) is 0 Å². The first-order valence-corrected chi connectivity index (χ1v) is 6.54. The Morgan fingerprint density at radius 1 is 1.22 bits per heavy atom. The minimum absolute atomic E-state index is 0.0494. The Balaban J connectivity index is 4.23. The number of hydrogen-bond donors (Lipinski definition) is 2. The number of methoxy groups -OCH3 is 1. The zero-order valence-corrected chi connectivity index (χ0v) is 12.1. The van der Waals surface area contributed by atoms with Crippen LogP contribution in [0, 0.1) is 11.8 Å². The van der Waals surface area contributed by atoms with Crippen molar-refractivity contribution >= 4 is 12.0 Å². The van der Waals surface area contributed by atoms with Crippen molar-refractivity contribution in [1.82, 2.24) is 10.6 Å². The molecule has 0 unspecified atom stereocenters. The van der Waals surface area contributed by atoms with E-state index in [1.54, 1.807) is 0 Å². The summed E-state index contributed by atoms with van der Waals surface area (Å²) < 4.78 is 4.70. The second kappa shape index (κ2) is 8.78. The summed E-state index contributed by atoms with van der Waals surface area (Å²) in [4.78, 5) is 23.2. The molecule has 0 saturated carbocycles. The maximum absolute atomic E-state index is 11.6. The van der Waals surface area contributed by atoms with E-state index in [-0.39, 0.29) is 11.9 Å². The molecule has 0 saturated heterocycles. The molecule has 0 heterocycles. The number of urea groups is 1. The molecule has 2 amide bonds. The minimum atomic E-state index is -0.584. The monoisotopic (exact) mass is 258 g/mol. The van der Waals surface area contributed by atoms with Gasteiger partial charge in [-0.3, -0.25) is 0 Å². The van der Waals surface area contributed by atoms with Crippen LogP contribution in [0.4, 0.5) is 4.79 Å². The molecule has 0 aliphatic rings. The standard InChI is InChI=1S/C13H26N2O3/c1-6-10(4)11(12(16)18-5)15-13(17)14-8-7-9(2)3/h9-11H,6-8H2,1-5H3,(H2,14,15,17)/t10-,11+/m0/s1. The minimum Gasteiger partial charge on any atom is -0.467 e. The van der Waals surface area contributed by atoms with E-state index in [0.29, 0.717) is 12.5 Å². The Hall–Kier alpha value is -1.26. The van der Waals surface area contributed by atoms with E-state index in [1.165, 1.54) is 7.11 Å². The molecule has 2 atom stereocenters. The van der Waals surface area contributed by atoms with E-state index >= 15 is 0 Å². The van der Waals surface area contributed by atoms with E-state index < -0.39 is 12.0 Å². The van der Waals surface area contributed by atoms with Crippen molar-refractivity contribution in [3.63, 3.8) is 0 Å². The topological polar surface area (TPSA) is 67.4 Å². The van der Waals surface area contributed by atoms with Crippen LogP contribution in [0.15, 0.2) is 0 Å². The Morgan fingerprint density at radius 3 is 2.28 bits per heavy atom. The molecule has 0 fully saturated rings. The smallest absolute Gasteiger partial charge is 0.328 e. The highest BCUT2D eigenvalue weighted by Crippen LogP contribution is 2.09. The molecule has 0 radical (unpaired) electrons. The molecule has 0 rings (SSSR count). The van der Waals surface area contributed by atoms with Crippen LogP contribution in [0.5, 0.6) is 0 Å². The fraction of sp³-hybridized carbons (Fsp3) is 0.846. The Bertz CT molecular complexity index is 267. The highest BCUT2D eigenvalue weighted by Gasteiger charge is 2.26. The number of esters is 1. The largest absolute Gasteiger partial charge is 0.467 e. The SMILES string of the molecule is CC[C@H](C)[C@@H](NC(=O)NCCC(C)C)C(=O)OC. The molecular formula is C13H26N2O3. The predicted octanol–water partition coefficient (Wildman–Crippen LogP) is 1.92. The van der Waals surface area contributed by atoms with Gasteiger partial charge in [-0.1, -0.05) is 34.1 Å². The molecule has 106 valence electrons. The number of rotatable bonds is 7. The van der Waals surface area contributed by atoms with Gasteiger partial charge < -0.3 is 15.4 Å². The lowest BCUT2D eigenvalue weighted by atomic mass is 9.99. The van der Waals surface area contributed by atoms with Crippen LogP contribution in [0.3, 0.4) is 0 Å². The van der Waals surface area contributed by atoms with Crippen molar-refractivity contribution in [1.29, 1.82) is 0 Å². The van der Waals surface area contributed by atoms with Crippen molar-refractivity contribution in [2.45, 2.75) is 46.6 Å². The molecular weight excluding hydrogens is 232 g/mol. The van der Waals surface area contributed by atoms with E-state index in [4.69, 9.17) is 4.74 Å². The van der Waals surface area contributed by atoms with Crippen LogP contribution in [-0.4, -0.2) is 31.7 Å². The van der Waals surface area contributed by atoms with Crippen molar-refractivity contribution in [2.75, 3.05) is 13.7 Å². The fourth-order valence-corrected chi connectivity index (χ4v) is 1.46. The first-order valence-electron chi connectivity index (χ1n) is 6.54. The zero-order chi connectivity index (χ0) is 14.1. The normalized spacial score (nSPS) is 13.9. The molecule has 18 heavy (non-hydrogen) atoms. The molecule has 2 N–H and O–H groups in total. The van der Waals surface area contributed by atoms with Crippen LogP contribution in [0.2, 0.25) is 0 Å². The highest BCUT2D eigenvalue weighted by atomic mass is 16.5. The van der Waals surface area contributed by atoms with Gasteiger partial charge in [0.25, 0.3) is 0 Å². The molecule has 0 aromatic rings. The lowest BCUT2D eigenvalue weighted by molar-refractivity contribution is -0.144. The lowest BCUT2D eigenvalue weighted by Gasteiger charge is -2.22. The number of carbonyl (C=O) groups excluding carboxylic acids is 2.